The minimum absolute atomic E-state index is 0.229. The summed E-state index contributed by atoms with van der Waals surface area (Å²) in [6.07, 6.45) is 8.49. The van der Waals surface area contributed by atoms with Crippen LogP contribution in [0.4, 0.5) is 0 Å². The van der Waals surface area contributed by atoms with E-state index in [9.17, 15) is 4.79 Å². The van der Waals surface area contributed by atoms with Crippen LogP contribution in [-0.4, -0.2) is 18.0 Å². The van der Waals surface area contributed by atoms with Gasteiger partial charge >= 0.3 is 0 Å². The highest BCUT2D eigenvalue weighted by atomic mass is 16.5. The van der Waals surface area contributed by atoms with Crippen LogP contribution in [-0.2, 0) is 9.53 Å². The van der Waals surface area contributed by atoms with Gasteiger partial charge in [-0.1, -0.05) is 19.4 Å². The van der Waals surface area contributed by atoms with Gasteiger partial charge in [0.1, 0.15) is 5.78 Å². The molecule has 2 heteroatoms. The Hall–Kier alpha value is -0.630. The SMILES string of the molecule is C=C(CCC(C)=O)C1C[C@H]2CCCC[C@H]2O1. The summed E-state index contributed by atoms with van der Waals surface area (Å²) < 4.78 is 6.05. The molecule has 2 aliphatic rings. The molecule has 0 aromatic carbocycles. The van der Waals surface area contributed by atoms with Gasteiger partial charge in [-0.25, -0.2) is 0 Å². The molecular weight excluding hydrogens is 200 g/mol. The van der Waals surface area contributed by atoms with Gasteiger partial charge in [0.05, 0.1) is 12.2 Å². The molecule has 1 aliphatic heterocycles. The maximum absolute atomic E-state index is 10.9. The van der Waals surface area contributed by atoms with Crippen LogP contribution >= 0.6 is 0 Å². The van der Waals surface area contributed by atoms with E-state index in [2.05, 4.69) is 6.58 Å². The van der Waals surface area contributed by atoms with Crippen molar-refractivity contribution in [2.45, 2.75) is 64.1 Å². The second-order valence-corrected chi connectivity index (χ2v) is 5.30. The zero-order chi connectivity index (χ0) is 11.5. The summed E-state index contributed by atoms with van der Waals surface area (Å²) in [6, 6.07) is 0. The first-order valence-electron chi connectivity index (χ1n) is 6.49. The Morgan fingerprint density at radius 3 is 2.75 bits per heavy atom. The van der Waals surface area contributed by atoms with Crippen molar-refractivity contribution in [1.82, 2.24) is 0 Å². The lowest BCUT2D eigenvalue weighted by Crippen LogP contribution is -2.20. The summed E-state index contributed by atoms with van der Waals surface area (Å²) in [7, 11) is 0. The third-order valence-electron chi connectivity index (χ3n) is 3.95. The van der Waals surface area contributed by atoms with Crippen molar-refractivity contribution < 1.29 is 9.53 Å². The number of ether oxygens (including phenoxy) is 1. The average molecular weight is 222 g/mol. The van der Waals surface area contributed by atoms with Gasteiger partial charge in [0.2, 0.25) is 0 Å². The van der Waals surface area contributed by atoms with Gasteiger partial charge in [0.25, 0.3) is 0 Å². The zero-order valence-electron chi connectivity index (χ0n) is 10.2. The van der Waals surface area contributed by atoms with Crippen molar-refractivity contribution in [3.05, 3.63) is 12.2 Å². The smallest absolute Gasteiger partial charge is 0.130 e. The minimum Gasteiger partial charge on any atom is -0.370 e. The van der Waals surface area contributed by atoms with E-state index in [1.807, 2.05) is 0 Å². The topological polar surface area (TPSA) is 26.3 Å². The number of fused-ring (bicyclic) bond motifs is 1. The lowest BCUT2D eigenvalue weighted by molar-refractivity contribution is -0.117. The normalized spacial score (nSPS) is 33.4. The molecule has 90 valence electrons. The van der Waals surface area contributed by atoms with Crippen LogP contribution in [0, 0.1) is 5.92 Å². The van der Waals surface area contributed by atoms with Crippen LogP contribution in [0.5, 0.6) is 0 Å². The van der Waals surface area contributed by atoms with Crippen LogP contribution in [0.25, 0.3) is 0 Å². The predicted octanol–water partition coefficient (Wildman–Crippen LogP) is 3.26. The highest BCUT2D eigenvalue weighted by molar-refractivity contribution is 5.75. The number of carbonyl (C=O) groups is 1. The van der Waals surface area contributed by atoms with E-state index in [1.165, 1.54) is 25.7 Å². The number of hydrogen-bond acceptors (Lipinski definition) is 2. The van der Waals surface area contributed by atoms with Crippen molar-refractivity contribution in [2.24, 2.45) is 5.92 Å². The first kappa shape index (κ1) is 11.8. The molecule has 1 unspecified atom stereocenters. The maximum atomic E-state index is 10.9. The molecule has 0 amide bonds. The summed E-state index contributed by atoms with van der Waals surface area (Å²) in [6.45, 7) is 5.73. The van der Waals surface area contributed by atoms with E-state index >= 15 is 0 Å². The Bertz CT molecular complexity index is 268. The lowest BCUT2D eigenvalue weighted by atomic mass is 9.84. The number of Topliss-reactive ketones (excluding diaryl/α,β-unsaturated/α-hetero) is 1. The lowest BCUT2D eigenvalue weighted by Gasteiger charge is -2.23. The third-order valence-corrected chi connectivity index (χ3v) is 3.95. The van der Waals surface area contributed by atoms with Crippen LogP contribution in [0.2, 0.25) is 0 Å². The van der Waals surface area contributed by atoms with Crippen LogP contribution in [0.15, 0.2) is 12.2 Å². The molecule has 0 N–H and O–H groups in total. The number of hydrogen-bond donors (Lipinski definition) is 0. The molecule has 0 radical (unpaired) electrons. The zero-order valence-corrected chi connectivity index (χ0v) is 10.2. The second kappa shape index (κ2) is 5.13. The molecule has 2 nitrogen and oxygen atoms in total. The van der Waals surface area contributed by atoms with Gasteiger partial charge in [-0.2, -0.15) is 0 Å². The second-order valence-electron chi connectivity index (χ2n) is 5.30. The Morgan fingerprint density at radius 1 is 1.31 bits per heavy atom. The van der Waals surface area contributed by atoms with E-state index in [-0.39, 0.29) is 11.9 Å². The molecule has 2 fully saturated rings. The molecule has 1 heterocycles. The summed E-state index contributed by atoms with van der Waals surface area (Å²) in [4.78, 5) is 10.9. The molecule has 0 spiro atoms. The number of carbonyl (C=O) groups excluding carboxylic acids is 1. The Morgan fingerprint density at radius 2 is 2.06 bits per heavy atom. The van der Waals surface area contributed by atoms with Gasteiger partial charge in [-0.15, -0.1) is 0 Å². The molecule has 0 bridgehead atoms. The van der Waals surface area contributed by atoms with E-state index in [0.717, 1.165) is 24.3 Å². The van der Waals surface area contributed by atoms with Crippen molar-refractivity contribution in [3.8, 4) is 0 Å². The minimum atomic E-state index is 0.229. The van der Waals surface area contributed by atoms with E-state index in [4.69, 9.17) is 4.74 Å². The first-order valence-corrected chi connectivity index (χ1v) is 6.49. The fourth-order valence-corrected chi connectivity index (χ4v) is 2.92. The monoisotopic (exact) mass is 222 g/mol. The van der Waals surface area contributed by atoms with Crippen molar-refractivity contribution in [3.63, 3.8) is 0 Å². The van der Waals surface area contributed by atoms with Crippen LogP contribution in [0.3, 0.4) is 0 Å². The first-order chi connectivity index (χ1) is 7.66. The van der Waals surface area contributed by atoms with Crippen molar-refractivity contribution >= 4 is 5.78 Å². The van der Waals surface area contributed by atoms with Gasteiger partial charge in [-0.05, 0) is 44.1 Å². The molecular formula is C14H22O2. The third kappa shape index (κ3) is 2.73. The van der Waals surface area contributed by atoms with Crippen molar-refractivity contribution in [1.29, 1.82) is 0 Å². The highest BCUT2D eigenvalue weighted by Gasteiger charge is 2.37. The van der Waals surface area contributed by atoms with Crippen LogP contribution in [0.1, 0.15) is 51.9 Å². The molecule has 3 atom stereocenters. The molecule has 0 aromatic heterocycles. The summed E-state index contributed by atoms with van der Waals surface area (Å²) in [5, 5.41) is 0. The molecule has 1 aliphatic carbocycles. The standard InChI is InChI=1S/C14H22O2/c1-10(7-8-11(2)15)14-9-12-5-3-4-6-13(12)16-14/h12-14H,1,3-9H2,2H3/t12-,13-,14?/m1/s1. The summed E-state index contributed by atoms with van der Waals surface area (Å²) in [5.41, 5.74) is 1.13. The maximum Gasteiger partial charge on any atom is 0.130 e. The molecule has 1 saturated carbocycles. The Kier molecular flexibility index (Phi) is 3.80. The molecule has 0 aromatic rings. The van der Waals surface area contributed by atoms with E-state index in [0.29, 0.717) is 12.5 Å². The summed E-state index contributed by atoms with van der Waals surface area (Å²) in [5.74, 6) is 1.00. The average Bonchev–Trinajstić information content (AvgIpc) is 2.69. The molecule has 16 heavy (non-hydrogen) atoms. The quantitative estimate of drug-likeness (QED) is 0.682. The molecule has 2 rings (SSSR count). The van der Waals surface area contributed by atoms with Gasteiger partial charge in [0, 0.05) is 6.42 Å². The molecule has 1 saturated heterocycles. The van der Waals surface area contributed by atoms with Gasteiger partial charge < -0.3 is 9.53 Å². The van der Waals surface area contributed by atoms with Gasteiger partial charge in [-0.3, -0.25) is 0 Å². The fourth-order valence-electron chi connectivity index (χ4n) is 2.92. The fraction of sp³-hybridized carbons (Fsp3) is 0.786. The van der Waals surface area contributed by atoms with Gasteiger partial charge in [0.15, 0.2) is 0 Å². The largest absolute Gasteiger partial charge is 0.370 e. The Labute approximate surface area is 98.1 Å². The van der Waals surface area contributed by atoms with E-state index < -0.39 is 0 Å². The number of ketones is 1. The van der Waals surface area contributed by atoms with Crippen LogP contribution < -0.4 is 0 Å². The Balaban J connectivity index is 1.82. The number of rotatable bonds is 4. The van der Waals surface area contributed by atoms with E-state index in [1.54, 1.807) is 6.92 Å². The predicted molar refractivity (Wildman–Crippen MR) is 64.3 cm³/mol. The summed E-state index contributed by atoms with van der Waals surface area (Å²) >= 11 is 0. The highest BCUT2D eigenvalue weighted by Crippen LogP contribution is 2.39. The van der Waals surface area contributed by atoms with Crippen molar-refractivity contribution in [2.75, 3.05) is 0 Å².